The fourth-order valence-corrected chi connectivity index (χ4v) is 4.31. The van der Waals surface area contributed by atoms with Gasteiger partial charge in [0, 0.05) is 50.2 Å². The van der Waals surface area contributed by atoms with E-state index in [-0.39, 0.29) is 0 Å². The van der Waals surface area contributed by atoms with Crippen LogP contribution in [0.4, 0.5) is 5.69 Å². The van der Waals surface area contributed by atoms with E-state index in [1.54, 1.807) is 0 Å². The smallest absolute Gasteiger partial charge is 0.141 e. The molecule has 0 unspecified atom stereocenters. The summed E-state index contributed by atoms with van der Waals surface area (Å²) < 4.78 is 2.25. The molecule has 2 heterocycles. The summed E-state index contributed by atoms with van der Waals surface area (Å²) in [6.07, 6.45) is 3.72. The number of pyridine rings is 1. The van der Waals surface area contributed by atoms with Gasteiger partial charge in [0.05, 0.1) is 17.2 Å². The van der Waals surface area contributed by atoms with Crippen LogP contribution in [0.3, 0.4) is 0 Å². The average molecular weight is 437 g/mol. The maximum atomic E-state index is 4.89. The van der Waals surface area contributed by atoms with Crippen LogP contribution in [-0.4, -0.2) is 76.7 Å². The molecule has 0 aliphatic carbocycles. The second kappa shape index (κ2) is 12.0. The van der Waals surface area contributed by atoms with E-state index in [4.69, 9.17) is 4.98 Å². The monoisotopic (exact) mass is 436 g/mol. The lowest BCUT2D eigenvalue weighted by atomic mass is 10.1. The molecule has 0 atom stereocenters. The van der Waals surface area contributed by atoms with Crippen LogP contribution in [0.1, 0.15) is 34.6 Å². The lowest BCUT2D eigenvalue weighted by Crippen LogP contribution is -2.39. The molecule has 1 aromatic carbocycles. The summed E-state index contributed by atoms with van der Waals surface area (Å²) >= 11 is 0. The lowest BCUT2D eigenvalue weighted by Gasteiger charge is -2.30. The van der Waals surface area contributed by atoms with Crippen LogP contribution in [-0.2, 0) is 6.54 Å². The minimum absolute atomic E-state index is 0.874. The van der Waals surface area contributed by atoms with E-state index in [1.165, 1.54) is 5.69 Å². The third-order valence-electron chi connectivity index (χ3n) is 6.52. The summed E-state index contributed by atoms with van der Waals surface area (Å²) in [5.74, 6) is 1.01. The van der Waals surface area contributed by atoms with Crippen molar-refractivity contribution in [3.63, 3.8) is 0 Å². The first-order valence-electron chi connectivity index (χ1n) is 12.2. The fraction of sp³-hybridized carbons (Fsp3) is 0.538. The number of likely N-dealkylation sites (N-methyl/N-ethyl adjacent to an activating group) is 2. The first-order chi connectivity index (χ1) is 15.6. The van der Waals surface area contributed by atoms with Crippen LogP contribution in [0, 0.1) is 0 Å². The van der Waals surface area contributed by atoms with E-state index in [1.807, 2.05) is 18.5 Å². The van der Waals surface area contributed by atoms with Crippen molar-refractivity contribution >= 4 is 16.7 Å². The van der Waals surface area contributed by atoms with Gasteiger partial charge in [-0.15, -0.1) is 0 Å². The number of fused-ring (bicyclic) bond motifs is 1. The number of hydrogen-bond donors (Lipinski definition) is 0. The third-order valence-corrected chi connectivity index (χ3v) is 6.52. The van der Waals surface area contributed by atoms with Crippen LogP contribution >= 0.6 is 0 Å². The van der Waals surface area contributed by atoms with E-state index in [0.29, 0.717) is 0 Å². The molecule has 0 saturated heterocycles. The van der Waals surface area contributed by atoms with Crippen molar-refractivity contribution in [3.05, 3.63) is 42.7 Å². The van der Waals surface area contributed by atoms with E-state index in [0.717, 1.165) is 81.3 Å². The van der Waals surface area contributed by atoms with Gasteiger partial charge in [-0.2, -0.15) is 0 Å². The predicted octanol–water partition coefficient (Wildman–Crippen LogP) is 4.61. The Labute approximate surface area is 193 Å². The Hall–Kier alpha value is -2.44. The van der Waals surface area contributed by atoms with Crippen molar-refractivity contribution in [1.29, 1.82) is 0 Å². The maximum absolute atomic E-state index is 4.89. The predicted molar refractivity (Wildman–Crippen MR) is 136 cm³/mol. The van der Waals surface area contributed by atoms with Gasteiger partial charge in [-0.05, 0) is 63.4 Å². The Kier molecular flexibility index (Phi) is 9.06. The Morgan fingerprint density at radius 2 is 1.34 bits per heavy atom. The van der Waals surface area contributed by atoms with Crippen molar-refractivity contribution in [2.75, 3.05) is 57.3 Å². The Morgan fingerprint density at radius 1 is 0.750 bits per heavy atom. The summed E-state index contributed by atoms with van der Waals surface area (Å²) in [6.45, 7) is 20.7. The first kappa shape index (κ1) is 24.2. The number of benzene rings is 1. The average Bonchev–Trinajstić information content (AvgIpc) is 3.22. The van der Waals surface area contributed by atoms with Gasteiger partial charge in [0.1, 0.15) is 5.82 Å². The van der Waals surface area contributed by atoms with Crippen LogP contribution < -0.4 is 4.90 Å². The summed E-state index contributed by atoms with van der Waals surface area (Å²) in [4.78, 5) is 16.7. The van der Waals surface area contributed by atoms with Gasteiger partial charge in [-0.1, -0.05) is 27.7 Å². The van der Waals surface area contributed by atoms with E-state index in [2.05, 4.69) is 83.1 Å². The summed E-state index contributed by atoms with van der Waals surface area (Å²) in [5.41, 5.74) is 4.53. The molecule has 2 aromatic heterocycles. The van der Waals surface area contributed by atoms with Gasteiger partial charge in [-0.25, -0.2) is 4.98 Å². The van der Waals surface area contributed by atoms with Crippen molar-refractivity contribution in [3.8, 4) is 11.4 Å². The molecule has 3 aromatic rings. The molecule has 174 valence electrons. The molecule has 0 spiro atoms. The second-order valence-corrected chi connectivity index (χ2v) is 8.13. The van der Waals surface area contributed by atoms with Crippen LogP contribution in [0.5, 0.6) is 0 Å². The molecule has 3 rings (SSSR count). The fourth-order valence-electron chi connectivity index (χ4n) is 4.31. The SMILES string of the molecule is CCN(CC)CCN(CCN(CC)CC)c1ccc(-c2nc3ccncc3n2CC)cc1. The molecule has 0 fully saturated rings. The molecule has 0 amide bonds. The Balaban J connectivity index is 1.83. The Morgan fingerprint density at radius 3 is 1.88 bits per heavy atom. The molecule has 0 aliphatic rings. The van der Waals surface area contributed by atoms with Crippen LogP contribution in [0.2, 0.25) is 0 Å². The number of hydrogen-bond acceptors (Lipinski definition) is 5. The molecule has 0 saturated carbocycles. The number of anilines is 1. The highest BCUT2D eigenvalue weighted by molar-refractivity contribution is 5.80. The molecule has 0 aliphatic heterocycles. The second-order valence-electron chi connectivity index (χ2n) is 8.13. The molecule has 32 heavy (non-hydrogen) atoms. The standard InChI is InChI=1S/C26H40N6/c1-6-29(7-2)17-19-31(20-18-30(8-3)9-4)23-13-11-22(12-14-23)26-28-24-15-16-27-21-25(24)32(26)10-5/h11-16,21H,6-10,17-20H2,1-5H3. The van der Waals surface area contributed by atoms with Crippen molar-refractivity contribution < 1.29 is 0 Å². The van der Waals surface area contributed by atoms with Crippen LogP contribution in [0.25, 0.3) is 22.4 Å². The largest absolute Gasteiger partial charge is 0.369 e. The Bertz CT molecular complexity index is 925. The topological polar surface area (TPSA) is 40.4 Å². The molecule has 6 heteroatoms. The van der Waals surface area contributed by atoms with Crippen LogP contribution in [0.15, 0.2) is 42.7 Å². The summed E-state index contributed by atoms with van der Waals surface area (Å²) in [6, 6.07) is 11.0. The van der Waals surface area contributed by atoms with Gasteiger partial charge in [0.25, 0.3) is 0 Å². The van der Waals surface area contributed by atoms with Gasteiger partial charge in [0.2, 0.25) is 0 Å². The number of rotatable bonds is 13. The zero-order chi connectivity index (χ0) is 22.9. The highest BCUT2D eigenvalue weighted by Crippen LogP contribution is 2.26. The number of imidazole rings is 1. The normalized spacial score (nSPS) is 11.7. The van der Waals surface area contributed by atoms with Crippen molar-refractivity contribution in [2.24, 2.45) is 0 Å². The summed E-state index contributed by atoms with van der Waals surface area (Å²) in [7, 11) is 0. The highest BCUT2D eigenvalue weighted by atomic mass is 15.2. The molecule has 0 N–H and O–H groups in total. The lowest BCUT2D eigenvalue weighted by molar-refractivity contribution is 0.294. The zero-order valence-corrected chi connectivity index (χ0v) is 20.6. The molecule has 6 nitrogen and oxygen atoms in total. The molecule has 0 bridgehead atoms. The first-order valence-corrected chi connectivity index (χ1v) is 12.2. The number of aromatic nitrogens is 3. The van der Waals surface area contributed by atoms with Crippen molar-refractivity contribution in [1.82, 2.24) is 24.3 Å². The summed E-state index contributed by atoms with van der Waals surface area (Å²) in [5, 5.41) is 0. The molecular weight excluding hydrogens is 396 g/mol. The quantitative estimate of drug-likeness (QED) is 0.391. The van der Waals surface area contributed by atoms with Gasteiger partial charge in [-0.3, -0.25) is 4.98 Å². The number of aryl methyl sites for hydroxylation is 1. The minimum Gasteiger partial charge on any atom is -0.369 e. The van der Waals surface area contributed by atoms with Gasteiger partial charge >= 0.3 is 0 Å². The molecular formula is C26H40N6. The van der Waals surface area contributed by atoms with Gasteiger partial charge < -0.3 is 19.3 Å². The van der Waals surface area contributed by atoms with E-state index in [9.17, 15) is 0 Å². The van der Waals surface area contributed by atoms with E-state index < -0.39 is 0 Å². The third kappa shape index (κ3) is 5.67. The molecule has 0 radical (unpaired) electrons. The van der Waals surface area contributed by atoms with E-state index >= 15 is 0 Å². The zero-order valence-electron chi connectivity index (χ0n) is 20.6. The van der Waals surface area contributed by atoms with Crippen molar-refractivity contribution in [2.45, 2.75) is 41.2 Å². The van der Waals surface area contributed by atoms with Gasteiger partial charge in [0.15, 0.2) is 0 Å². The minimum atomic E-state index is 0.874. The number of nitrogens with zero attached hydrogens (tertiary/aromatic N) is 6. The highest BCUT2D eigenvalue weighted by Gasteiger charge is 2.14. The maximum Gasteiger partial charge on any atom is 0.141 e.